The summed E-state index contributed by atoms with van der Waals surface area (Å²) in [6.45, 7) is 1.21. The maximum absolute atomic E-state index is 12.4. The molecule has 7 heteroatoms. The Hall–Kier alpha value is -1.92. The number of alkyl halides is 3. The van der Waals surface area contributed by atoms with Crippen LogP contribution in [-0.4, -0.2) is 20.7 Å². The Labute approximate surface area is 87.7 Å². The number of pyridine rings is 1. The first-order chi connectivity index (χ1) is 7.39. The van der Waals surface area contributed by atoms with E-state index in [1.807, 2.05) is 0 Å². The molecule has 0 unspecified atom stereocenters. The molecule has 0 fully saturated rings. The van der Waals surface area contributed by atoms with E-state index in [4.69, 9.17) is 0 Å². The highest BCUT2D eigenvalue weighted by molar-refractivity contribution is 5.87. The van der Waals surface area contributed by atoms with Crippen molar-refractivity contribution in [1.82, 2.24) is 14.8 Å². The Balaban J connectivity index is 2.68. The lowest BCUT2D eigenvalue weighted by molar-refractivity contribution is -0.137. The quantitative estimate of drug-likeness (QED) is 0.695. The van der Waals surface area contributed by atoms with Crippen molar-refractivity contribution in [1.29, 1.82) is 0 Å². The third-order valence-electron chi connectivity index (χ3n) is 2.05. The maximum Gasteiger partial charge on any atom is 0.417 e. The highest BCUT2D eigenvalue weighted by Crippen LogP contribution is 2.30. The van der Waals surface area contributed by atoms with E-state index in [0.29, 0.717) is 6.20 Å². The van der Waals surface area contributed by atoms with Crippen LogP contribution >= 0.6 is 0 Å². The third kappa shape index (κ3) is 1.64. The van der Waals surface area contributed by atoms with Gasteiger partial charge in [0.15, 0.2) is 0 Å². The second kappa shape index (κ2) is 3.29. The van der Waals surface area contributed by atoms with Gasteiger partial charge in [-0.15, -0.1) is 0 Å². The molecule has 0 radical (unpaired) electrons. The van der Waals surface area contributed by atoms with Gasteiger partial charge in [0.1, 0.15) is 5.52 Å². The van der Waals surface area contributed by atoms with Gasteiger partial charge in [-0.25, -0.2) is 0 Å². The van der Waals surface area contributed by atoms with Crippen LogP contribution in [0.15, 0.2) is 18.5 Å². The number of fused-ring (bicyclic) bond motifs is 1. The minimum absolute atomic E-state index is 0.0577. The fourth-order valence-corrected chi connectivity index (χ4v) is 1.31. The smallest absolute Gasteiger partial charge is 0.273 e. The summed E-state index contributed by atoms with van der Waals surface area (Å²) in [6.07, 6.45) is -2.52. The Morgan fingerprint density at radius 1 is 1.38 bits per heavy atom. The molecule has 0 aliphatic carbocycles. The normalized spacial score (nSPS) is 12.0. The second-order valence-corrected chi connectivity index (χ2v) is 3.20. The predicted octanol–water partition coefficient (Wildman–Crippen LogP) is 2.11. The summed E-state index contributed by atoms with van der Waals surface area (Å²) in [4.78, 5) is 14.7. The number of hydrogen-bond acceptors (Lipinski definition) is 3. The number of hydrogen-bond donors (Lipinski definition) is 0. The van der Waals surface area contributed by atoms with Gasteiger partial charge >= 0.3 is 6.18 Å². The monoisotopic (exact) mass is 229 g/mol. The molecule has 2 aromatic rings. The number of carbonyl (C=O) groups excluding carboxylic acids is 1. The molecular formula is C9H6F3N3O. The number of rotatable bonds is 0. The molecule has 0 spiro atoms. The van der Waals surface area contributed by atoms with E-state index < -0.39 is 17.6 Å². The van der Waals surface area contributed by atoms with E-state index in [2.05, 4.69) is 10.1 Å². The van der Waals surface area contributed by atoms with Crippen LogP contribution in [-0.2, 0) is 6.18 Å². The van der Waals surface area contributed by atoms with Crippen molar-refractivity contribution < 1.29 is 18.0 Å². The predicted molar refractivity (Wildman–Crippen MR) is 48.8 cm³/mol. The average Bonchev–Trinajstić information content (AvgIpc) is 2.58. The molecular weight excluding hydrogens is 223 g/mol. The van der Waals surface area contributed by atoms with Gasteiger partial charge in [-0.05, 0) is 6.07 Å². The van der Waals surface area contributed by atoms with Crippen molar-refractivity contribution in [3.63, 3.8) is 0 Å². The largest absolute Gasteiger partial charge is 0.417 e. The van der Waals surface area contributed by atoms with Crippen LogP contribution in [0.1, 0.15) is 17.3 Å². The van der Waals surface area contributed by atoms with E-state index in [1.165, 1.54) is 13.1 Å². The molecule has 4 nitrogen and oxygen atoms in total. The first kappa shape index (κ1) is 10.6. The average molecular weight is 229 g/mol. The van der Waals surface area contributed by atoms with E-state index in [0.717, 1.165) is 10.7 Å². The highest BCUT2D eigenvalue weighted by Gasteiger charge is 2.31. The summed E-state index contributed by atoms with van der Waals surface area (Å²) < 4.78 is 38.1. The molecule has 0 aliphatic heterocycles. The number of aromatic nitrogens is 3. The van der Waals surface area contributed by atoms with Crippen molar-refractivity contribution >= 4 is 16.9 Å². The summed E-state index contributed by atoms with van der Waals surface area (Å²) in [5.74, 6) is -0.462. The van der Waals surface area contributed by atoms with E-state index in [9.17, 15) is 18.0 Å². The van der Waals surface area contributed by atoms with E-state index in [-0.39, 0.29) is 11.0 Å². The Bertz CT molecular complexity index is 559. The Morgan fingerprint density at radius 3 is 2.62 bits per heavy atom. The van der Waals surface area contributed by atoms with Crippen LogP contribution in [0.4, 0.5) is 13.2 Å². The van der Waals surface area contributed by atoms with Crippen LogP contribution in [0.25, 0.3) is 11.0 Å². The molecule has 84 valence electrons. The van der Waals surface area contributed by atoms with Crippen LogP contribution < -0.4 is 0 Å². The SMILES string of the molecule is CC(=O)n1ncc2ncc(C(F)(F)F)cc21. The molecule has 0 saturated heterocycles. The van der Waals surface area contributed by atoms with Crippen molar-refractivity contribution in [3.8, 4) is 0 Å². The first-order valence-corrected chi connectivity index (χ1v) is 4.31. The zero-order valence-corrected chi connectivity index (χ0v) is 8.12. The molecule has 0 atom stereocenters. The minimum atomic E-state index is -4.48. The number of nitrogens with zero attached hydrogens (tertiary/aromatic N) is 3. The number of halogens is 3. The lowest BCUT2D eigenvalue weighted by atomic mass is 10.2. The van der Waals surface area contributed by atoms with Gasteiger partial charge in [0.2, 0.25) is 5.91 Å². The Kier molecular flexibility index (Phi) is 2.18. The third-order valence-corrected chi connectivity index (χ3v) is 2.05. The maximum atomic E-state index is 12.4. The van der Waals surface area contributed by atoms with Crippen molar-refractivity contribution in [2.45, 2.75) is 13.1 Å². The summed E-state index contributed by atoms with van der Waals surface area (Å²) in [7, 11) is 0. The lowest BCUT2D eigenvalue weighted by Crippen LogP contribution is -2.09. The van der Waals surface area contributed by atoms with Gasteiger partial charge in [0, 0.05) is 13.1 Å². The lowest BCUT2D eigenvalue weighted by Gasteiger charge is -2.05. The molecule has 0 aliphatic rings. The molecule has 0 N–H and O–H groups in total. The van der Waals surface area contributed by atoms with Crippen molar-refractivity contribution in [3.05, 3.63) is 24.0 Å². The van der Waals surface area contributed by atoms with Gasteiger partial charge < -0.3 is 0 Å². The van der Waals surface area contributed by atoms with Gasteiger partial charge in [-0.3, -0.25) is 9.78 Å². The molecule has 0 bridgehead atoms. The zero-order chi connectivity index (χ0) is 11.9. The van der Waals surface area contributed by atoms with Gasteiger partial charge in [-0.2, -0.15) is 23.0 Å². The molecule has 0 amide bonds. The van der Waals surface area contributed by atoms with Crippen molar-refractivity contribution in [2.24, 2.45) is 0 Å². The fourth-order valence-electron chi connectivity index (χ4n) is 1.31. The van der Waals surface area contributed by atoms with Crippen LogP contribution in [0.2, 0.25) is 0 Å². The summed E-state index contributed by atoms with van der Waals surface area (Å²) >= 11 is 0. The Morgan fingerprint density at radius 2 is 2.06 bits per heavy atom. The van der Waals surface area contributed by atoms with Gasteiger partial charge in [-0.1, -0.05) is 0 Å². The minimum Gasteiger partial charge on any atom is -0.273 e. The van der Waals surface area contributed by atoms with Gasteiger partial charge in [0.25, 0.3) is 0 Å². The summed E-state index contributed by atoms with van der Waals surface area (Å²) in [5, 5.41) is 3.66. The highest BCUT2D eigenvalue weighted by atomic mass is 19.4. The van der Waals surface area contributed by atoms with Gasteiger partial charge in [0.05, 0.1) is 17.3 Å². The molecule has 2 heterocycles. The molecule has 0 saturated carbocycles. The first-order valence-electron chi connectivity index (χ1n) is 4.31. The topological polar surface area (TPSA) is 47.8 Å². The van der Waals surface area contributed by atoms with Crippen LogP contribution in [0.5, 0.6) is 0 Å². The second-order valence-electron chi connectivity index (χ2n) is 3.20. The molecule has 2 aromatic heterocycles. The number of carbonyl (C=O) groups is 1. The zero-order valence-electron chi connectivity index (χ0n) is 8.12. The summed E-state index contributed by atoms with van der Waals surface area (Å²) in [5.41, 5.74) is -0.589. The van der Waals surface area contributed by atoms with E-state index >= 15 is 0 Å². The van der Waals surface area contributed by atoms with Crippen LogP contribution in [0, 0.1) is 0 Å². The molecule has 2 rings (SSSR count). The molecule has 0 aromatic carbocycles. The summed E-state index contributed by atoms with van der Waals surface area (Å²) in [6, 6.07) is 0.858. The fraction of sp³-hybridized carbons (Fsp3) is 0.222. The van der Waals surface area contributed by atoms with Crippen LogP contribution in [0.3, 0.4) is 0 Å². The molecule has 16 heavy (non-hydrogen) atoms. The standard InChI is InChI=1S/C9H6F3N3O/c1-5(16)15-8-2-6(9(10,11)12)3-13-7(8)4-14-15/h2-4H,1H3. The van der Waals surface area contributed by atoms with Crippen molar-refractivity contribution in [2.75, 3.05) is 0 Å². The van der Waals surface area contributed by atoms with E-state index in [1.54, 1.807) is 0 Å².